The smallest absolute Gasteiger partial charge is 0.348 e. The van der Waals surface area contributed by atoms with Gasteiger partial charge in [0.1, 0.15) is 63.4 Å². The van der Waals surface area contributed by atoms with E-state index in [0.717, 1.165) is 154 Å². The van der Waals surface area contributed by atoms with Crippen LogP contribution in [-0.4, -0.2) is 29.8 Å². The molecule has 9 aliphatic rings. The number of anilines is 12. The van der Waals surface area contributed by atoms with Crippen molar-refractivity contribution in [2.24, 2.45) is 0 Å². The number of rotatable bonds is 1. The molecule has 1 atom stereocenters. The summed E-state index contributed by atoms with van der Waals surface area (Å²) in [4.78, 5) is 0. The summed E-state index contributed by atoms with van der Waals surface area (Å²) >= 11 is 0. The molecule has 0 saturated carbocycles. The van der Waals surface area contributed by atoms with Crippen LogP contribution in [0.3, 0.4) is 0 Å². The number of fused-ring (bicyclic) bond motifs is 35. The molecule has 20 aromatic carbocycles. The Morgan fingerprint density at radius 3 is 0.772 bits per heavy atom. The predicted octanol–water partition coefficient (Wildman–Crippen LogP) is 28.7. The van der Waals surface area contributed by atoms with E-state index < -0.39 is 71.7 Å². The van der Waals surface area contributed by atoms with Crippen LogP contribution in [0.2, 0.25) is 0 Å². The molecule has 1 aromatic heterocycles. The number of halogens is 8. The summed E-state index contributed by atoms with van der Waals surface area (Å²) in [5.74, 6) is -2.30. The Kier molecular flexibility index (Phi) is 18.9. The number of aromatic nitrogens is 1. The fraction of sp³-hybridized carbons (Fsp3) is 0. The quantitative estimate of drug-likeness (QED) is 0.116. The highest BCUT2D eigenvalue weighted by Gasteiger charge is 2.66. The highest BCUT2D eigenvalue weighted by Crippen LogP contribution is 2.63. The molecule has 21 aromatic rings. The second-order valence-electron chi connectivity index (χ2n) is 36.2. The minimum absolute atomic E-state index is 0.0624. The third-order valence-electron chi connectivity index (χ3n) is 28.5. The molecular weight excluding hydrogens is 1890 g/mol. The molecule has 145 heavy (non-hydrogen) atoms. The molecule has 1 unspecified atom stereocenters. The first-order valence-corrected chi connectivity index (χ1v) is 52.8. The van der Waals surface area contributed by atoms with Crippen LogP contribution < -0.4 is 91.7 Å². The van der Waals surface area contributed by atoms with E-state index in [1.165, 1.54) is 22.9 Å². The second-order valence-corrected chi connectivity index (χ2v) is 46.1. The lowest BCUT2D eigenvalue weighted by Crippen LogP contribution is -2.78. The van der Waals surface area contributed by atoms with Crippen molar-refractivity contribution in [3.05, 3.63) is 477 Å². The van der Waals surface area contributed by atoms with Gasteiger partial charge in [-0.1, -0.05) is 231 Å². The molecular formula is C120H71F8N7O7Si3. The highest BCUT2D eigenvalue weighted by atomic mass is 28.4. The molecule has 0 amide bonds. The summed E-state index contributed by atoms with van der Waals surface area (Å²) < 4.78 is 188. The van der Waals surface area contributed by atoms with E-state index in [2.05, 4.69) is 193 Å². The molecule has 0 N–H and O–H groups in total. The van der Waals surface area contributed by atoms with Gasteiger partial charge in [-0.05, 0) is 176 Å². The predicted molar refractivity (Wildman–Crippen MR) is 556 cm³/mol. The van der Waals surface area contributed by atoms with Gasteiger partial charge in [0.25, 0.3) is 0 Å². The molecule has 0 radical (unpaired) electrons. The van der Waals surface area contributed by atoms with Crippen LogP contribution in [0.5, 0.6) is 80.5 Å². The van der Waals surface area contributed by atoms with Crippen LogP contribution in [0.25, 0.3) is 49.7 Å². The third kappa shape index (κ3) is 12.3. The average molecular weight is 1960 g/mol. The average Bonchev–Trinajstić information content (AvgIpc) is 1.58. The molecule has 696 valence electrons. The van der Waals surface area contributed by atoms with Gasteiger partial charge in [0.05, 0.1) is 56.5 Å². The van der Waals surface area contributed by atoms with E-state index in [0.29, 0.717) is 57.1 Å². The van der Waals surface area contributed by atoms with Crippen molar-refractivity contribution in [3.63, 3.8) is 0 Å². The van der Waals surface area contributed by atoms with Crippen LogP contribution in [0.15, 0.2) is 431 Å². The minimum atomic E-state index is -4.38. The van der Waals surface area contributed by atoms with E-state index >= 15 is 35.1 Å². The number of nitrogens with zero attached hydrogens (tertiary/aromatic N) is 7. The monoisotopic (exact) mass is 1960 g/mol. The number of benzene rings is 20. The Labute approximate surface area is 827 Å². The SMILES string of the molecule is Fc1cc(F)c2c(c1)[Si]13c4cc(F)cc(F)c4Oc4ccccc4N1c1ccccc1-c1ccccc1N3c1ccccc1O2.Fc1cc2c(cc1F)[Si]13c4cc(F)c(F)cc4Oc4ccccc4N1c1ccccc1-c1ccccc1N3c1ccccc1O2.c1ccc2c(c1)Oc1ccc(-n3c4ccccc4c4ccccc43)cc1N1c3ccccc3Oc3ccccc3[Si]13c1ccccc1Oc1ccccc1N23. The van der Waals surface area contributed by atoms with E-state index in [4.69, 9.17) is 33.2 Å². The van der Waals surface area contributed by atoms with E-state index in [-0.39, 0.29) is 43.7 Å². The Morgan fingerprint density at radius 2 is 0.414 bits per heavy atom. The van der Waals surface area contributed by atoms with Crippen molar-refractivity contribution < 1.29 is 68.3 Å². The van der Waals surface area contributed by atoms with Crippen LogP contribution in [0.4, 0.5) is 103 Å². The first-order valence-electron chi connectivity index (χ1n) is 47.1. The zero-order valence-corrected chi connectivity index (χ0v) is 79.0. The molecule has 14 nitrogen and oxygen atoms in total. The first kappa shape index (κ1) is 84.7. The number of hydrogen-bond acceptors (Lipinski definition) is 13. The van der Waals surface area contributed by atoms with E-state index in [1.54, 1.807) is 48.5 Å². The summed E-state index contributed by atoms with van der Waals surface area (Å²) in [5, 5.41) is 5.41. The summed E-state index contributed by atoms with van der Waals surface area (Å²) in [6.07, 6.45) is 0. The zero-order valence-electron chi connectivity index (χ0n) is 76.0. The van der Waals surface area contributed by atoms with Crippen molar-refractivity contribution in [1.29, 1.82) is 0 Å². The van der Waals surface area contributed by atoms with Gasteiger partial charge in [-0.2, -0.15) is 0 Å². The standard InChI is InChI=1S/C48H31N3O3Si.2C36H20F4N2O2Si/c1-3-17-35-33(15-1)34-16-2-4-18-36(34)49(35)32-29-30-44-40(31-32)51-39-21-7-10-24-43(39)54-46-26-12-14-28-48(46)55(51)47-27-13-11-25-45(47)53-42-23-9-6-20-38(42)50(55)37-19-5-8-22-41(37)52-44;37-21-17-25(39)35-33(19-21)45-34-20-22(38)18-26(40)36(34)44-32-16-8-6-14-30(32)42(45)28-12-4-2-10-24(28)23-9-1-3-11-27(23)41(45)29-13-5-7-15-31(29)43-35;37-23-17-33-35(19-25(23)39)45-36-20-26(40)24(38)18-34(36)44-32-16-8-6-14-30(32)42(45)28-12-4-2-10-22(28)21-9-1-3-11-27(21)41(45)29-13-5-7-15-31(29)43-33/h1-31H;2*1-20H. The second kappa shape index (κ2) is 32.4. The van der Waals surface area contributed by atoms with Crippen molar-refractivity contribution in [3.8, 4) is 108 Å². The lowest BCUT2D eigenvalue weighted by molar-refractivity contribution is 0.443. The lowest BCUT2D eigenvalue weighted by atomic mass is 10.0. The third-order valence-corrected chi connectivity index (χ3v) is 42.1. The maximum absolute atomic E-state index is 16.2. The van der Waals surface area contributed by atoms with Crippen molar-refractivity contribution in [2.45, 2.75) is 0 Å². The van der Waals surface area contributed by atoms with E-state index in [1.807, 2.05) is 173 Å². The Morgan fingerprint density at radius 1 is 0.166 bits per heavy atom. The van der Waals surface area contributed by atoms with Gasteiger partial charge in [-0.15, -0.1) is 0 Å². The maximum atomic E-state index is 16.2. The normalized spacial score (nSPS) is 15.2. The number of hydrogen-bond donors (Lipinski definition) is 0. The first-order chi connectivity index (χ1) is 71.2. The van der Waals surface area contributed by atoms with E-state index in [9.17, 15) is 0 Å². The van der Waals surface area contributed by atoms with Gasteiger partial charge in [-0.25, -0.2) is 35.1 Å². The van der Waals surface area contributed by atoms with Crippen LogP contribution >= 0.6 is 0 Å². The van der Waals surface area contributed by atoms with Crippen LogP contribution in [0.1, 0.15) is 0 Å². The molecule has 9 aliphatic heterocycles. The van der Waals surface area contributed by atoms with Crippen molar-refractivity contribution in [1.82, 2.24) is 4.57 Å². The summed E-state index contributed by atoms with van der Waals surface area (Å²) in [5.41, 5.74) is 15.4. The minimum Gasteiger partial charge on any atom is -0.455 e. The number of ether oxygens (including phenoxy) is 7. The Balaban J connectivity index is 0.000000106. The largest absolute Gasteiger partial charge is 0.455 e. The number of para-hydroxylation sites is 22. The highest BCUT2D eigenvalue weighted by molar-refractivity contribution is 7.12. The van der Waals surface area contributed by atoms with Gasteiger partial charge in [-0.3, -0.25) is 0 Å². The van der Waals surface area contributed by atoms with Crippen molar-refractivity contribution >= 4 is 146 Å². The molecule has 0 bridgehead atoms. The summed E-state index contributed by atoms with van der Waals surface area (Å²) in [6.45, 7) is 0. The van der Waals surface area contributed by atoms with Gasteiger partial charge >= 0.3 is 25.2 Å². The topological polar surface area (TPSA) is 89.0 Å². The fourth-order valence-corrected chi connectivity index (χ4v) is 38.6. The van der Waals surface area contributed by atoms with Gasteiger partial charge < -0.3 is 65.1 Å². The fourth-order valence-electron chi connectivity index (χ4n) is 23.0. The van der Waals surface area contributed by atoms with Gasteiger partial charge in [0.15, 0.2) is 63.7 Å². The molecule has 0 saturated heterocycles. The summed E-state index contributed by atoms with van der Waals surface area (Å²) in [6, 6.07) is 134. The Hall–Kier alpha value is -18.3. The van der Waals surface area contributed by atoms with Crippen LogP contribution in [0, 0.1) is 46.5 Å². The molecule has 0 aliphatic carbocycles. The molecule has 10 heterocycles. The molecule has 3 spiro atoms. The van der Waals surface area contributed by atoms with Crippen molar-refractivity contribution in [2.75, 3.05) is 27.4 Å². The molecule has 25 heteroatoms. The van der Waals surface area contributed by atoms with Gasteiger partial charge in [0.2, 0.25) is 0 Å². The van der Waals surface area contributed by atoms with Crippen LogP contribution in [-0.2, 0) is 0 Å². The Bertz CT molecular complexity index is 8710. The lowest BCUT2D eigenvalue weighted by Gasteiger charge is -2.51. The zero-order chi connectivity index (χ0) is 97.0. The molecule has 0 fully saturated rings. The maximum Gasteiger partial charge on any atom is 0.348 e. The molecule has 30 rings (SSSR count). The summed E-state index contributed by atoms with van der Waals surface area (Å²) in [7, 11) is -12.2. The van der Waals surface area contributed by atoms with Gasteiger partial charge in [0, 0.05) is 117 Å².